The van der Waals surface area contributed by atoms with Gasteiger partial charge in [0.05, 0.1) is 4.47 Å². The van der Waals surface area contributed by atoms with Gasteiger partial charge in [0.25, 0.3) is 0 Å². The molecule has 1 aliphatic rings. The van der Waals surface area contributed by atoms with Crippen LogP contribution in [0.2, 0.25) is 0 Å². The first kappa shape index (κ1) is 14.5. The molecule has 0 radical (unpaired) electrons. The predicted octanol–water partition coefficient (Wildman–Crippen LogP) is 2.57. The molecular formula is C13H22BrN5. The first-order valence-electron chi connectivity index (χ1n) is 7.02. The van der Waals surface area contributed by atoms with Crippen LogP contribution in [0.25, 0.3) is 0 Å². The lowest BCUT2D eigenvalue weighted by Crippen LogP contribution is -2.26. The highest BCUT2D eigenvalue weighted by molar-refractivity contribution is 9.10. The number of nitrogens with one attached hydrogen (secondary N) is 2. The molecule has 5 nitrogen and oxygen atoms in total. The Morgan fingerprint density at radius 3 is 2.79 bits per heavy atom. The molecule has 1 aliphatic heterocycles. The number of halogens is 1. The highest BCUT2D eigenvalue weighted by atomic mass is 79.9. The first-order valence-corrected chi connectivity index (χ1v) is 7.81. The van der Waals surface area contributed by atoms with Crippen molar-refractivity contribution in [2.75, 3.05) is 43.4 Å². The molecule has 0 unspecified atom stereocenters. The molecule has 0 atom stereocenters. The molecule has 0 saturated carbocycles. The van der Waals surface area contributed by atoms with Crippen LogP contribution < -0.4 is 10.6 Å². The van der Waals surface area contributed by atoms with E-state index in [2.05, 4.69) is 48.4 Å². The van der Waals surface area contributed by atoms with Gasteiger partial charge in [0.15, 0.2) is 0 Å². The zero-order valence-corrected chi connectivity index (χ0v) is 13.0. The zero-order valence-electron chi connectivity index (χ0n) is 11.5. The van der Waals surface area contributed by atoms with E-state index in [-0.39, 0.29) is 0 Å². The van der Waals surface area contributed by atoms with Crippen molar-refractivity contribution < 1.29 is 0 Å². The van der Waals surface area contributed by atoms with E-state index in [4.69, 9.17) is 0 Å². The average Bonchev–Trinajstić information content (AvgIpc) is 2.92. The number of hydrogen-bond donors (Lipinski definition) is 2. The number of anilines is 2. The molecular weight excluding hydrogens is 306 g/mol. The smallest absolute Gasteiger partial charge is 0.224 e. The van der Waals surface area contributed by atoms with Crippen LogP contribution in [0, 0.1) is 0 Å². The Kier molecular flexibility index (Phi) is 5.85. The molecule has 19 heavy (non-hydrogen) atoms. The van der Waals surface area contributed by atoms with Gasteiger partial charge in [-0.3, -0.25) is 0 Å². The van der Waals surface area contributed by atoms with Crippen LogP contribution in [-0.4, -0.2) is 47.6 Å². The first-order chi connectivity index (χ1) is 9.29. The monoisotopic (exact) mass is 327 g/mol. The van der Waals surface area contributed by atoms with Crippen molar-refractivity contribution >= 4 is 27.7 Å². The number of likely N-dealkylation sites (tertiary alicyclic amines) is 1. The average molecular weight is 328 g/mol. The van der Waals surface area contributed by atoms with Crippen molar-refractivity contribution in [2.24, 2.45) is 0 Å². The highest BCUT2D eigenvalue weighted by Gasteiger charge is 2.11. The maximum absolute atomic E-state index is 4.48. The van der Waals surface area contributed by atoms with Crippen LogP contribution in [0.3, 0.4) is 0 Å². The maximum Gasteiger partial charge on any atom is 0.224 e. The summed E-state index contributed by atoms with van der Waals surface area (Å²) in [6.07, 6.45) is 5.53. The van der Waals surface area contributed by atoms with Crippen molar-refractivity contribution in [3.63, 3.8) is 0 Å². The van der Waals surface area contributed by atoms with Crippen molar-refractivity contribution in [3.05, 3.63) is 10.7 Å². The minimum atomic E-state index is 0.689. The van der Waals surface area contributed by atoms with Crippen LogP contribution in [-0.2, 0) is 0 Å². The van der Waals surface area contributed by atoms with Gasteiger partial charge in [-0.2, -0.15) is 4.98 Å². The Labute approximate surface area is 123 Å². The third kappa shape index (κ3) is 4.62. The van der Waals surface area contributed by atoms with Gasteiger partial charge in [-0.05, 0) is 48.3 Å². The Morgan fingerprint density at radius 2 is 2.05 bits per heavy atom. The van der Waals surface area contributed by atoms with Gasteiger partial charge in [0.2, 0.25) is 5.95 Å². The largest absolute Gasteiger partial charge is 0.368 e. The summed E-state index contributed by atoms with van der Waals surface area (Å²) in [4.78, 5) is 11.2. The van der Waals surface area contributed by atoms with Crippen molar-refractivity contribution in [1.82, 2.24) is 14.9 Å². The molecule has 1 aromatic heterocycles. The molecule has 2 heterocycles. The van der Waals surface area contributed by atoms with Gasteiger partial charge in [-0.1, -0.05) is 6.92 Å². The topological polar surface area (TPSA) is 53.1 Å². The minimum absolute atomic E-state index is 0.689. The molecule has 0 spiro atoms. The molecule has 2 rings (SSSR count). The lowest BCUT2D eigenvalue weighted by atomic mass is 10.4. The van der Waals surface area contributed by atoms with Crippen LogP contribution in [0.1, 0.15) is 26.2 Å². The molecule has 106 valence electrons. The second-order valence-electron chi connectivity index (χ2n) is 4.79. The summed E-state index contributed by atoms with van der Waals surface area (Å²) in [6, 6.07) is 0. The zero-order chi connectivity index (χ0) is 13.5. The molecule has 6 heteroatoms. The highest BCUT2D eigenvalue weighted by Crippen LogP contribution is 2.20. The normalized spacial score (nSPS) is 15.7. The number of hydrogen-bond acceptors (Lipinski definition) is 5. The maximum atomic E-state index is 4.48. The van der Waals surface area contributed by atoms with E-state index >= 15 is 0 Å². The van der Waals surface area contributed by atoms with E-state index in [0.717, 1.165) is 36.3 Å². The standard InChI is InChI=1S/C13H22BrN5/c1-2-5-16-13-17-10-11(14)12(18-13)15-6-9-19-7-3-4-8-19/h10H,2-9H2,1H3,(H2,15,16,17,18). The van der Waals surface area contributed by atoms with Crippen LogP contribution in [0.15, 0.2) is 10.7 Å². The Hall–Kier alpha value is -0.880. The fourth-order valence-electron chi connectivity index (χ4n) is 2.15. The SMILES string of the molecule is CCCNc1ncc(Br)c(NCCN2CCCC2)n1. The second-order valence-corrected chi connectivity index (χ2v) is 5.65. The summed E-state index contributed by atoms with van der Waals surface area (Å²) >= 11 is 3.48. The molecule has 2 N–H and O–H groups in total. The van der Waals surface area contributed by atoms with Crippen LogP contribution >= 0.6 is 15.9 Å². The second kappa shape index (κ2) is 7.65. The summed E-state index contributed by atoms with van der Waals surface area (Å²) in [5.41, 5.74) is 0. The van der Waals surface area contributed by atoms with E-state index in [1.54, 1.807) is 6.20 Å². The summed E-state index contributed by atoms with van der Waals surface area (Å²) in [5, 5.41) is 6.58. The summed E-state index contributed by atoms with van der Waals surface area (Å²) in [6.45, 7) is 7.48. The lowest BCUT2D eigenvalue weighted by Gasteiger charge is -2.15. The van der Waals surface area contributed by atoms with Crippen LogP contribution in [0.5, 0.6) is 0 Å². The van der Waals surface area contributed by atoms with E-state index in [1.807, 2.05) is 0 Å². The molecule has 0 aliphatic carbocycles. The van der Waals surface area contributed by atoms with Gasteiger partial charge in [-0.15, -0.1) is 0 Å². The summed E-state index contributed by atoms with van der Waals surface area (Å²) in [5.74, 6) is 1.56. The van der Waals surface area contributed by atoms with Gasteiger partial charge in [0.1, 0.15) is 5.82 Å². The Morgan fingerprint density at radius 1 is 1.26 bits per heavy atom. The molecule has 1 aromatic rings. The fraction of sp³-hybridized carbons (Fsp3) is 0.692. The summed E-state index contributed by atoms with van der Waals surface area (Å²) in [7, 11) is 0. The number of rotatable bonds is 7. The fourth-order valence-corrected chi connectivity index (χ4v) is 2.48. The molecule has 0 amide bonds. The van der Waals surface area contributed by atoms with Gasteiger partial charge in [-0.25, -0.2) is 4.98 Å². The molecule has 1 saturated heterocycles. The van der Waals surface area contributed by atoms with E-state index in [9.17, 15) is 0 Å². The number of nitrogens with zero attached hydrogens (tertiary/aromatic N) is 3. The quantitative estimate of drug-likeness (QED) is 0.806. The molecule has 0 aromatic carbocycles. The Balaban J connectivity index is 1.83. The third-order valence-corrected chi connectivity index (χ3v) is 3.78. The van der Waals surface area contributed by atoms with Crippen molar-refractivity contribution in [2.45, 2.75) is 26.2 Å². The number of aromatic nitrogens is 2. The van der Waals surface area contributed by atoms with Crippen molar-refractivity contribution in [3.8, 4) is 0 Å². The molecule has 0 bridgehead atoms. The van der Waals surface area contributed by atoms with Gasteiger partial charge < -0.3 is 15.5 Å². The lowest BCUT2D eigenvalue weighted by molar-refractivity contribution is 0.352. The third-order valence-electron chi connectivity index (χ3n) is 3.20. The van der Waals surface area contributed by atoms with E-state index in [0.29, 0.717) is 5.95 Å². The van der Waals surface area contributed by atoms with Gasteiger partial charge >= 0.3 is 0 Å². The molecule has 1 fully saturated rings. The minimum Gasteiger partial charge on any atom is -0.368 e. The van der Waals surface area contributed by atoms with Crippen LogP contribution in [0.4, 0.5) is 11.8 Å². The van der Waals surface area contributed by atoms with E-state index in [1.165, 1.54) is 25.9 Å². The Bertz CT molecular complexity index is 393. The van der Waals surface area contributed by atoms with Gasteiger partial charge in [0, 0.05) is 25.8 Å². The van der Waals surface area contributed by atoms with E-state index < -0.39 is 0 Å². The predicted molar refractivity (Wildman–Crippen MR) is 82.7 cm³/mol. The van der Waals surface area contributed by atoms with Crippen molar-refractivity contribution in [1.29, 1.82) is 0 Å². The summed E-state index contributed by atoms with van der Waals surface area (Å²) < 4.78 is 0.913.